The fourth-order valence-corrected chi connectivity index (χ4v) is 2.58. The van der Waals surface area contributed by atoms with E-state index in [9.17, 15) is 9.50 Å². The zero-order valence-electron chi connectivity index (χ0n) is 11.3. The molecular formula is C14H22FN3O. The van der Waals surface area contributed by atoms with Gasteiger partial charge in [0.25, 0.3) is 0 Å². The number of hydrogen-bond donors (Lipinski definition) is 2. The molecule has 1 aromatic heterocycles. The van der Waals surface area contributed by atoms with Crippen molar-refractivity contribution >= 4 is 0 Å². The van der Waals surface area contributed by atoms with Crippen LogP contribution in [-0.2, 0) is 0 Å². The van der Waals surface area contributed by atoms with E-state index in [1.807, 2.05) is 7.05 Å². The van der Waals surface area contributed by atoms with E-state index in [1.165, 1.54) is 12.3 Å². The maximum absolute atomic E-state index is 12.9. The number of pyridine rings is 1. The van der Waals surface area contributed by atoms with Crippen molar-refractivity contribution in [2.24, 2.45) is 0 Å². The summed E-state index contributed by atoms with van der Waals surface area (Å²) < 4.78 is 12.9. The van der Waals surface area contributed by atoms with Crippen LogP contribution in [0.2, 0.25) is 0 Å². The molecule has 1 aliphatic rings. The first kappa shape index (κ1) is 14.4. The molecule has 0 saturated carbocycles. The molecule has 2 N–H and O–H groups in total. The van der Waals surface area contributed by atoms with Gasteiger partial charge in [0.2, 0.25) is 0 Å². The Morgan fingerprint density at radius 2 is 2.42 bits per heavy atom. The van der Waals surface area contributed by atoms with Crippen molar-refractivity contribution in [3.05, 3.63) is 29.8 Å². The van der Waals surface area contributed by atoms with Gasteiger partial charge in [0.05, 0.1) is 24.0 Å². The van der Waals surface area contributed by atoms with E-state index in [0.717, 1.165) is 44.6 Å². The lowest BCUT2D eigenvalue weighted by molar-refractivity contribution is 0.0686. The highest BCUT2D eigenvalue weighted by Gasteiger charge is 2.19. The molecule has 0 aromatic carbocycles. The molecule has 0 spiro atoms. The van der Waals surface area contributed by atoms with Crippen LogP contribution in [0.5, 0.6) is 0 Å². The molecule has 0 bridgehead atoms. The summed E-state index contributed by atoms with van der Waals surface area (Å²) >= 11 is 0. The Kier molecular flexibility index (Phi) is 5.24. The van der Waals surface area contributed by atoms with Gasteiger partial charge in [0, 0.05) is 13.1 Å². The number of piperidine rings is 1. The summed E-state index contributed by atoms with van der Waals surface area (Å²) in [4.78, 5) is 6.40. The highest BCUT2D eigenvalue weighted by atomic mass is 19.1. The summed E-state index contributed by atoms with van der Waals surface area (Å²) in [5, 5.41) is 12.9. The molecule has 1 aromatic rings. The van der Waals surface area contributed by atoms with E-state index in [4.69, 9.17) is 0 Å². The minimum absolute atomic E-state index is 0.125. The summed E-state index contributed by atoms with van der Waals surface area (Å²) in [6, 6.07) is 3.29. The number of halogens is 1. The standard InChI is InChI=1S/C14H22FN3O/c1-16-13(14-5-4-11(15)9-17-14)6-8-18-7-2-3-12(19)10-18/h4-5,9,12-13,16,19H,2-3,6-8,10H2,1H3. The van der Waals surface area contributed by atoms with Gasteiger partial charge in [0.1, 0.15) is 5.82 Å². The van der Waals surface area contributed by atoms with Gasteiger partial charge in [0.15, 0.2) is 0 Å². The molecule has 1 fully saturated rings. The van der Waals surface area contributed by atoms with Gasteiger partial charge in [-0.2, -0.15) is 0 Å². The third-order valence-electron chi connectivity index (χ3n) is 3.67. The number of aliphatic hydroxyl groups excluding tert-OH is 1. The number of β-amino-alcohol motifs (C(OH)–C–C–N with tert-alkyl or cyclic N) is 1. The first-order valence-corrected chi connectivity index (χ1v) is 6.88. The van der Waals surface area contributed by atoms with Crippen LogP contribution >= 0.6 is 0 Å². The molecule has 1 aliphatic heterocycles. The summed E-state index contributed by atoms with van der Waals surface area (Å²) in [5.41, 5.74) is 0.862. The molecular weight excluding hydrogens is 245 g/mol. The largest absolute Gasteiger partial charge is 0.392 e. The molecule has 2 heterocycles. The van der Waals surface area contributed by atoms with Crippen molar-refractivity contribution < 1.29 is 9.50 Å². The topological polar surface area (TPSA) is 48.4 Å². The molecule has 0 amide bonds. The second-order valence-electron chi connectivity index (χ2n) is 5.13. The Labute approximate surface area is 113 Å². The monoisotopic (exact) mass is 267 g/mol. The van der Waals surface area contributed by atoms with E-state index in [-0.39, 0.29) is 18.0 Å². The van der Waals surface area contributed by atoms with Crippen molar-refractivity contribution in [3.8, 4) is 0 Å². The smallest absolute Gasteiger partial charge is 0.141 e. The molecule has 2 rings (SSSR count). The highest BCUT2D eigenvalue weighted by molar-refractivity contribution is 5.09. The summed E-state index contributed by atoms with van der Waals surface area (Å²) in [6.07, 6.45) is 3.93. The van der Waals surface area contributed by atoms with E-state index < -0.39 is 0 Å². The molecule has 5 heteroatoms. The minimum atomic E-state index is -0.308. The SMILES string of the molecule is CNC(CCN1CCCC(O)C1)c1ccc(F)cn1. The lowest BCUT2D eigenvalue weighted by Crippen LogP contribution is -2.39. The molecule has 2 unspecified atom stereocenters. The fraction of sp³-hybridized carbons (Fsp3) is 0.643. The Hall–Kier alpha value is -1.04. The van der Waals surface area contributed by atoms with Gasteiger partial charge >= 0.3 is 0 Å². The van der Waals surface area contributed by atoms with Crippen molar-refractivity contribution in [2.75, 3.05) is 26.7 Å². The van der Waals surface area contributed by atoms with Crippen LogP contribution in [0.4, 0.5) is 4.39 Å². The third-order valence-corrected chi connectivity index (χ3v) is 3.67. The van der Waals surface area contributed by atoms with Crippen LogP contribution in [0.1, 0.15) is 31.0 Å². The van der Waals surface area contributed by atoms with Gasteiger partial charge in [-0.15, -0.1) is 0 Å². The van der Waals surface area contributed by atoms with Crippen molar-refractivity contribution in [2.45, 2.75) is 31.4 Å². The van der Waals surface area contributed by atoms with Crippen LogP contribution in [0, 0.1) is 5.82 Å². The number of nitrogens with one attached hydrogen (secondary N) is 1. The van der Waals surface area contributed by atoms with Gasteiger partial charge in [-0.3, -0.25) is 4.98 Å². The number of aliphatic hydroxyl groups is 1. The van der Waals surface area contributed by atoms with E-state index in [1.54, 1.807) is 6.07 Å². The van der Waals surface area contributed by atoms with E-state index in [0.29, 0.717) is 0 Å². The van der Waals surface area contributed by atoms with E-state index >= 15 is 0 Å². The zero-order chi connectivity index (χ0) is 13.7. The molecule has 19 heavy (non-hydrogen) atoms. The molecule has 4 nitrogen and oxygen atoms in total. The molecule has 106 valence electrons. The number of aromatic nitrogens is 1. The predicted molar refractivity (Wildman–Crippen MR) is 72.3 cm³/mol. The fourth-order valence-electron chi connectivity index (χ4n) is 2.58. The van der Waals surface area contributed by atoms with E-state index in [2.05, 4.69) is 15.2 Å². The van der Waals surface area contributed by atoms with Crippen molar-refractivity contribution in [3.63, 3.8) is 0 Å². The van der Waals surface area contributed by atoms with Crippen LogP contribution in [0.3, 0.4) is 0 Å². The Morgan fingerprint density at radius 1 is 1.58 bits per heavy atom. The summed E-state index contributed by atoms with van der Waals surface area (Å²) in [5.74, 6) is -0.308. The van der Waals surface area contributed by atoms with Gasteiger partial charge < -0.3 is 15.3 Å². The minimum Gasteiger partial charge on any atom is -0.392 e. The highest BCUT2D eigenvalue weighted by Crippen LogP contribution is 2.17. The van der Waals surface area contributed by atoms with Crippen LogP contribution in [0.15, 0.2) is 18.3 Å². The Bertz CT molecular complexity index is 385. The lowest BCUT2D eigenvalue weighted by atomic mass is 10.1. The Morgan fingerprint density at radius 3 is 3.05 bits per heavy atom. The maximum Gasteiger partial charge on any atom is 0.141 e. The summed E-state index contributed by atoms with van der Waals surface area (Å²) in [7, 11) is 1.89. The predicted octanol–water partition coefficient (Wildman–Crippen LogP) is 1.33. The van der Waals surface area contributed by atoms with Crippen molar-refractivity contribution in [1.82, 2.24) is 15.2 Å². The molecule has 0 radical (unpaired) electrons. The van der Waals surface area contributed by atoms with Gasteiger partial charge in [-0.05, 0) is 45.0 Å². The molecule has 2 atom stereocenters. The molecule has 0 aliphatic carbocycles. The second-order valence-corrected chi connectivity index (χ2v) is 5.13. The summed E-state index contributed by atoms with van der Waals surface area (Å²) in [6.45, 7) is 2.72. The quantitative estimate of drug-likeness (QED) is 0.845. The average molecular weight is 267 g/mol. The maximum atomic E-state index is 12.9. The number of hydrogen-bond acceptors (Lipinski definition) is 4. The second kappa shape index (κ2) is 6.93. The number of likely N-dealkylation sites (tertiary alicyclic amines) is 1. The van der Waals surface area contributed by atoms with Gasteiger partial charge in [-0.25, -0.2) is 4.39 Å². The Balaban J connectivity index is 1.87. The van der Waals surface area contributed by atoms with Gasteiger partial charge in [-0.1, -0.05) is 0 Å². The first-order valence-electron chi connectivity index (χ1n) is 6.88. The lowest BCUT2D eigenvalue weighted by Gasteiger charge is -2.31. The van der Waals surface area contributed by atoms with Crippen LogP contribution < -0.4 is 5.32 Å². The van der Waals surface area contributed by atoms with Crippen LogP contribution in [0.25, 0.3) is 0 Å². The zero-order valence-corrected chi connectivity index (χ0v) is 11.3. The molecule has 1 saturated heterocycles. The average Bonchev–Trinajstić information content (AvgIpc) is 2.41. The number of rotatable bonds is 5. The van der Waals surface area contributed by atoms with Crippen LogP contribution in [-0.4, -0.2) is 47.8 Å². The number of nitrogens with zero attached hydrogens (tertiary/aromatic N) is 2. The third kappa shape index (κ3) is 4.23. The first-order chi connectivity index (χ1) is 9.19. The normalized spacial score (nSPS) is 22.4. The van der Waals surface area contributed by atoms with Crippen molar-refractivity contribution in [1.29, 1.82) is 0 Å².